The lowest BCUT2D eigenvalue weighted by Gasteiger charge is -2.21. The second-order valence-corrected chi connectivity index (χ2v) is 3.79. The summed E-state index contributed by atoms with van der Waals surface area (Å²) in [7, 11) is 0. The van der Waals surface area contributed by atoms with Gasteiger partial charge in [-0.3, -0.25) is 9.79 Å². The van der Waals surface area contributed by atoms with Gasteiger partial charge in [-0.2, -0.15) is 0 Å². The minimum atomic E-state index is -0.915. The van der Waals surface area contributed by atoms with Gasteiger partial charge < -0.3 is 14.9 Å². The zero-order valence-electron chi connectivity index (χ0n) is 8.78. The summed E-state index contributed by atoms with van der Waals surface area (Å²) in [5.41, 5.74) is -0.426. The number of carboxylic acids is 1. The van der Waals surface area contributed by atoms with Gasteiger partial charge in [-0.05, 0) is 20.8 Å². The van der Waals surface area contributed by atoms with E-state index in [1.807, 2.05) is 20.8 Å². The van der Waals surface area contributed by atoms with Crippen molar-refractivity contribution < 1.29 is 19.7 Å². The SMILES string of the molecule is CC(C)(C)OC(CO)=NCCC(=O)O. The number of hydrogen-bond donors (Lipinski definition) is 2. The Bertz CT molecular complexity index is 217. The Morgan fingerprint density at radius 3 is 2.36 bits per heavy atom. The fourth-order valence-corrected chi connectivity index (χ4v) is 0.744. The first-order valence-corrected chi connectivity index (χ1v) is 4.40. The first-order chi connectivity index (χ1) is 6.35. The summed E-state index contributed by atoms with van der Waals surface area (Å²) in [5.74, 6) is -0.736. The van der Waals surface area contributed by atoms with Crippen LogP contribution in [-0.4, -0.2) is 40.8 Å². The number of aliphatic hydroxyl groups is 1. The fraction of sp³-hybridized carbons (Fsp3) is 0.778. The Morgan fingerprint density at radius 2 is 2.00 bits per heavy atom. The van der Waals surface area contributed by atoms with Gasteiger partial charge in [0.2, 0.25) is 5.90 Å². The van der Waals surface area contributed by atoms with E-state index in [0.717, 1.165) is 0 Å². The molecule has 0 saturated heterocycles. The molecule has 0 rings (SSSR count). The second kappa shape index (κ2) is 5.59. The summed E-state index contributed by atoms with van der Waals surface area (Å²) in [6.45, 7) is 5.30. The van der Waals surface area contributed by atoms with Crippen LogP contribution in [0, 0.1) is 0 Å². The quantitative estimate of drug-likeness (QED) is 0.520. The number of rotatable bonds is 4. The van der Waals surface area contributed by atoms with Crippen molar-refractivity contribution in [3.05, 3.63) is 0 Å². The number of carbonyl (C=O) groups is 1. The lowest BCUT2D eigenvalue weighted by Crippen LogP contribution is -2.26. The van der Waals surface area contributed by atoms with Crippen molar-refractivity contribution in [3.8, 4) is 0 Å². The van der Waals surface area contributed by atoms with Gasteiger partial charge in [0, 0.05) is 0 Å². The highest BCUT2D eigenvalue weighted by atomic mass is 16.5. The predicted molar refractivity (Wildman–Crippen MR) is 52.5 cm³/mol. The van der Waals surface area contributed by atoms with Crippen LogP contribution in [0.1, 0.15) is 27.2 Å². The highest BCUT2D eigenvalue weighted by molar-refractivity contribution is 5.78. The summed E-state index contributed by atoms with van der Waals surface area (Å²) in [6.07, 6.45) is -0.0585. The molecule has 0 heterocycles. The van der Waals surface area contributed by atoms with Gasteiger partial charge in [-0.25, -0.2) is 0 Å². The third-order valence-electron chi connectivity index (χ3n) is 1.17. The summed E-state index contributed by atoms with van der Waals surface area (Å²) in [5, 5.41) is 17.2. The van der Waals surface area contributed by atoms with Gasteiger partial charge in [0.05, 0.1) is 13.0 Å². The Balaban J connectivity index is 4.06. The number of aliphatic imine (C=N–C) groups is 1. The van der Waals surface area contributed by atoms with E-state index in [1.54, 1.807) is 0 Å². The van der Waals surface area contributed by atoms with Crippen molar-refractivity contribution in [2.45, 2.75) is 32.8 Å². The fourth-order valence-electron chi connectivity index (χ4n) is 0.744. The van der Waals surface area contributed by atoms with Crippen LogP contribution in [0.2, 0.25) is 0 Å². The van der Waals surface area contributed by atoms with Crippen molar-refractivity contribution >= 4 is 11.9 Å². The molecule has 5 nitrogen and oxygen atoms in total. The van der Waals surface area contributed by atoms with Crippen LogP contribution in [0.4, 0.5) is 0 Å². The third kappa shape index (κ3) is 7.54. The normalized spacial score (nSPS) is 12.7. The molecule has 0 aliphatic carbocycles. The summed E-state index contributed by atoms with van der Waals surface area (Å²) in [6, 6.07) is 0. The van der Waals surface area contributed by atoms with Crippen LogP contribution in [-0.2, 0) is 9.53 Å². The van der Waals surface area contributed by atoms with Crippen molar-refractivity contribution in [1.29, 1.82) is 0 Å². The summed E-state index contributed by atoms with van der Waals surface area (Å²) < 4.78 is 5.28. The Labute approximate surface area is 83.4 Å². The molecular formula is C9H17NO4. The van der Waals surface area contributed by atoms with Crippen LogP contribution in [0.15, 0.2) is 4.99 Å². The minimum absolute atomic E-state index is 0.0585. The topological polar surface area (TPSA) is 79.1 Å². The average Bonchev–Trinajstić information content (AvgIpc) is 1.99. The Kier molecular flexibility index (Phi) is 5.15. The predicted octanol–water partition coefficient (Wildman–Crippen LogP) is 0.667. The number of hydrogen-bond acceptors (Lipinski definition) is 4. The molecule has 0 aromatic carbocycles. The van der Waals surface area contributed by atoms with E-state index in [1.165, 1.54) is 0 Å². The standard InChI is InChI=1S/C9H17NO4/c1-9(2,3)14-7(6-11)10-5-4-8(12)13/h11H,4-6H2,1-3H3,(H,12,13). The van der Waals surface area contributed by atoms with Gasteiger partial charge in [0.15, 0.2) is 0 Å². The van der Waals surface area contributed by atoms with E-state index in [2.05, 4.69) is 4.99 Å². The average molecular weight is 203 g/mol. The maximum atomic E-state index is 10.2. The molecule has 0 aromatic heterocycles. The van der Waals surface area contributed by atoms with E-state index in [0.29, 0.717) is 0 Å². The van der Waals surface area contributed by atoms with E-state index in [9.17, 15) is 4.79 Å². The molecule has 0 atom stereocenters. The number of nitrogens with zero attached hydrogens (tertiary/aromatic N) is 1. The molecule has 0 unspecified atom stereocenters. The molecule has 2 N–H and O–H groups in total. The molecule has 5 heteroatoms. The zero-order valence-corrected chi connectivity index (χ0v) is 8.78. The Morgan fingerprint density at radius 1 is 1.43 bits per heavy atom. The maximum Gasteiger partial charge on any atom is 0.305 e. The molecule has 0 bridgehead atoms. The van der Waals surface area contributed by atoms with Crippen molar-refractivity contribution in [1.82, 2.24) is 0 Å². The number of aliphatic hydroxyl groups excluding tert-OH is 1. The molecule has 0 amide bonds. The molecule has 82 valence electrons. The molecule has 0 aliphatic rings. The van der Waals surface area contributed by atoms with Crippen LogP contribution in [0.25, 0.3) is 0 Å². The smallest absolute Gasteiger partial charge is 0.305 e. The van der Waals surface area contributed by atoms with Crippen LogP contribution in [0.5, 0.6) is 0 Å². The number of ether oxygens (including phenoxy) is 1. The largest absolute Gasteiger partial charge is 0.481 e. The van der Waals surface area contributed by atoms with Gasteiger partial charge in [-0.1, -0.05) is 0 Å². The summed E-state index contributed by atoms with van der Waals surface area (Å²) >= 11 is 0. The van der Waals surface area contributed by atoms with Crippen LogP contribution < -0.4 is 0 Å². The zero-order chi connectivity index (χ0) is 11.2. The summed E-state index contributed by atoms with van der Waals surface area (Å²) in [4.78, 5) is 14.0. The Hall–Kier alpha value is -1.10. The lowest BCUT2D eigenvalue weighted by atomic mass is 10.2. The molecule has 0 aromatic rings. The van der Waals surface area contributed by atoms with Crippen LogP contribution >= 0.6 is 0 Å². The van der Waals surface area contributed by atoms with E-state index in [-0.39, 0.29) is 25.5 Å². The molecule has 14 heavy (non-hydrogen) atoms. The molecule has 0 saturated carbocycles. The monoisotopic (exact) mass is 203 g/mol. The van der Waals surface area contributed by atoms with Gasteiger partial charge >= 0.3 is 5.97 Å². The number of carboxylic acid groups (broad SMARTS) is 1. The minimum Gasteiger partial charge on any atom is -0.481 e. The van der Waals surface area contributed by atoms with Crippen molar-refractivity contribution in [2.24, 2.45) is 4.99 Å². The van der Waals surface area contributed by atoms with Gasteiger partial charge in [-0.15, -0.1) is 0 Å². The van der Waals surface area contributed by atoms with Gasteiger partial charge in [0.25, 0.3) is 0 Å². The highest BCUT2D eigenvalue weighted by Crippen LogP contribution is 2.07. The van der Waals surface area contributed by atoms with E-state index >= 15 is 0 Å². The van der Waals surface area contributed by atoms with Crippen molar-refractivity contribution in [2.75, 3.05) is 13.2 Å². The van der Waals surface area contributed by atoms with E-state index in [4.69, 9.17) is 14.9 Å². The molecule has 0 aliphatic heterocycles. The molecule has 0 fully saturated rings. The first kappa shape index (κ1) is 12.9. The molecule has 0 spiro atoms. The third-order valence-corrected chi connectivity index (χ3v) is 1.17. The van der Waals surface area contributed by atoms with Crippen LogP contribution in [0.3, 0.4) is 0 Å². The molecule has 0 radical (unpaired) electrons. The lowest BCUT2D eigenvalue weighted by molar-refractivity contribution is -0.136. The molecular weight excluding hydrogens is 186 g/mol. The second-order valence-electron chi connectivity index (χ2n) is 3.79. The first-order valence-electron chi connectivity index (χ1n) is 4.40. The highest BCUT2D eigenvalue weighted by Gasteiger charge is 2.13. The van der Waals surface area contributed by atoms with E-state index < -0.39 is 11.6 Å². The maximum absolute atomic E-state index is 10.2. The van der Waals surface area contributed by atoms with Gasteiger partial charge in [0.1, 0.15) is 12.2 Å². The van der Waals surface area contributed by atoms with Crippen molar-refractivity contribution in [3.63, 3.8) is 0 Å². The number of aliphatic carboxylic acids is 1.